The zero-order chi connectivity index (χ0) is 24.1. The van der Waals surface area contributed by atoms with Crippen LogP contribution in [0.5, 0.6) is 0 Å². The van der Waals surface area contributed by atoms with Crippen molar-refractivity contribution in [2.24, 2.45) is 5.92 Å². The topological polar surface area (TPSA) is 86.6 Å². The molecule has 4 rings (SSSR count). The van der Waals surface area contributed by atoms with Crippen molar-refractivity contribution in [1.82, 2.24) is 19.6 Å². The van der Waals surface area contributed by atoms with Gasteiger partial charge in [-0.05, 0) is 24.8 Å². The fraction of sp³-hybridized carbons (Fsp3) is 0.500. The molecule has 0 aliphatic carbocycles. The van der Waals surface area contributed by atoms with E-state index < -0.39 is 0 Å². The average Bonchev–Trinajstić information content (AvgIpc) is 3.33. The number of piperidine rings is 1. The Morgan fingerprint density at radius 1 is 1.24 bits per heavy atom. The van der Waals surface area contributed by atoms with Crippen LogP contribution in [0.15, 0.2) is 30.3 Å². The number of amides is 2. The van der Waals surface area contributed by atoms with E-state index in [9.17, 15) is 9.59 Å². The quantitative estimate of drug-likeness (QED) is 0.449. The number of fused-ring (bicyclic) bond motifs is 1. The van der Waals surface area contributed by atoms with Crippen molar-refractivity contribution in [3.8, 4) is 6.07 Å². The highest BCUT2D eigenvalue weighted by Crippen LogP contribution is 2.28. The van der Waals surface area contributed by atoms with Crippen molar-refractivity contribution in [3.05, 3.63) is 58.7 Å². The number of carbonyl (C=O) groups is 2. The van der Waals surface area contributed by atoms with Gasteiger partial charge in [0.05, 0.1) is 18.7 Å². The van der Waals surface area contributed by atoms with Crippen LogP contribution in [-0.2, 0) is 6.54 Å². The van der Waals surface area contributed by atoms with Crippen LogP contribution in [0.3, 0.4) is 0 Å². The number of unbranched alkanes of at least 4 members (excludes halogenated alkanes) is 2. The minimum atomic E-state index is -0.167. The van der Waals surface area contributed by atoms with Gasteiger partial charge < -0.3 is 9.80 Å². The maximum absolute atomic E-state index is 13.4. The zero-order valence-corrected chi connectivity index (χ0v) is 19.6. The monoisotopic (exact) mass is 458 g/mol. The molecule has 0 saturated carbocycles. The standard InChI is InChI=1S/C26H30N6O2/c1-3-4-5-6-22-18-31(17-20-7-9-21(28-2)10-8-20)26(34)24-15-23(29-32(22)24)25(33)30-13-11-19(16-27)12-14-30/h7-10,15,19,22H,3-6,11-14,17-18H2,1H3. The minimum absolute atomic E-state index is 0.00110. The van der Waals surface area contributed by atoms with Gasteiger partial charge in [0.1, 0.15) is 5.69 Å². The number of nitriles is 1. The van der Waals surface area contributed by atoms with Crippen LogP contribution >= 0.6 is 0 Å². The minimum Gasteiger partial charge on any atom is -0.337 e. The molecular weight excluding hydrogens is 428 g/mol. The summed E-state index contributed by atoms with van der Waals surface area (Å²) in [5.41, 5.74) is 2.31. The summed E-state index contributed by atoms with van der Waals surface area (Å²) in [6.07, 6.45) is 5.50. The maximum Gasteiger partial charge on any atom is 0.274 e. The molecular formula is C26H30N6O2. The second-order valence-electron chi connectivity index (χ2n) is 9.17. The fourth-order valence-corrected chi connectivity index (χ4v) is 4.76. The smallest absolute Gasteiger partial charge is 0.274 e. The molecule has 0 N–H and O–H groups in total. The van der Waals surface area contributed by atoms with Gasteiger partial charge in [-0.25, -0.2) is 4.85 Å². The summed E-state index contributed by atoms with van der Waals surface area (Å²) in [6, 6.07) is 11.3. The van der Waals surface area contributed by atoms with Gasteiger partial charge in [0.25, 0.3) is 11.8 Å². The second kappa shape index (κ2) is 10.5. The van der Waals surface area contributed by atoms with Crippen LogP contribution in [0.2, 0.25) is 0 Å². The Hall–Kier alpha value is -3.65. The van der Waals surface area contributed by atoms with Crippen molar-refractivity contribution < 1.29 is 9.59 Å². The number of hydrogen-bond acceptors (Lipinski definition) is 4. The van der Waals surface area contributed by atoms with Gasteiger partial charge in [-0.15, -0.1) is 0 Å². The van der Waals surface area contributed by atoms with E-state index in [1.165, 1.54) is 0 Å². The highest BCUT2D eigenvalue weighted by atomic mass is 16.2. The summed E-state index contributed by atoms with van der Waals surface area (Å²) in [5, 5.41) is 13.7. The van der Waals surface area contributed by atoms with Crippen LogP contribution in [0.1, 0.15) is 78.0 Å². The molecule has 8 heteroatoms. The Balaban J connectivity index is 1.56. The first-order valence-corrected chi connectivity index (χ1v) is 12.1. The van der Waals surface area contributed by atoms with E-state index >= 15 is 0 Å². The molecule has 1 atom stereocenters. The number of rotatable bonds is 7. The fourth-order valence-electron chi connectivity index (χ4n) is 4.76. The Kier molecular flexibility index (Phi) is 7.27. The Labute approximate surface area is 200 Å². The third-order valence-corrected chi connectivity index (χ3v) is 6.78. The van der Waals surface area contributed by atoms with Crippen LogP contribution in [0, 0.1) is 23.8 Å². The van der Waals surface area contributed by atoms with Crippen molar-refractivity contribution in [2.45, 2.75) is 58.0 Å². The predicted octanol–water partition coefficient (Wildman–Crippen LogP) is 4.59. The Morgan fingerprint density at radius 3 is 2.62 bits per heavy atom. The van der Waals surface area contributed by atoms with Crippen molar-refractivity contribution in [2.75, 3.05) is 19.6 Å². The molecule has 3 heterocycles. The van der Waals surface area contributed by atoms with Gasteiger partial charge in [0, 0.05) is 38.2 Å². The molecule has 1 aromatic heterocycles. The first kappa shape index (κ1) is 23.5. The first-order chi connectivity index (χ1) is 16.5. The molecule has 2 aliphatic heterocycles. The normalized spacial score (nSPS) is 18.3. The van der Waals surface area contributed by atoms with E-state index in [1.807, 2.05) is 17.0 Å². The number of carbonyl (C=O) groups excluding carboxylic acids is 2. The molecule has 2 aliphatic rings. The maximum atomic E-state index is 13.4. The lowest BCUT2D eigenvalue weighted by Crippen LogP contribution is -2.42. The van der Waals surface area contributed by atoms with Gasteiger partial charge in [0.2, 0.25) is 0 Å². The highest BCUT2D eigenvalue weighted by molar-refractivity contribution is 5.98. The van der Waals surface area contributed by atoms with Crippen LogP contribution < -0.4 is 0 Å². The van der Waals surface area contributed by atoms with E-state index in [1.54, 1.807) is 27.8 Å². The number of aromatic nitrogens is 2. The highest BCUT2D eigenvalue weighted by Gasteiger charge is 2.35. The molecule has 2 amide bonds. The van der Waals surface area contributed by atoms with Crippen molar-refractivity contribution in [3.63, 3.8) is 0 Å². The van der Waals surface area contributed by atoms with E-state index in [-0.39, 0.29) is 23.8 Å². The van der Waals surface area contributed by atoms with Gasteiger partial charge in [-0.3, -0.25) is 14.3 Å². The lowest BCUT2D eigenvalue weighted by Gasteiger charge is -2.33. The summed E-state index contributed by atoms with van der Waals surface area (Å²) < 4.78 is 1.77. The molecule has 1 unspecified atom stereocenters. The predicted molar refractivity (Wildman–Crippen MR) is 127 cm³/mol. The number of likely N-dealkylation sites (tertiary alicyclic amines) is 1. The Bertz CT molecular complexity index is 1120. The lowest BCUT2D eigenvalue weighted by molar-refractivity contribution is 0.0630. The molecule has 8 nitrogen and oxygen atoms in total. The first-order valence-electron chi connectivity index (χ1n) is 12.1. The van der Waals surface area contributed by atoms with Gasteiger partial charge in [-0.1, -0.05) is 50.5 Å². The van der Waals surface area contributed by atoms with Crippen LogP contribution in [0.4, 0.5) is 5.69 Å². The Morgan fingerprint density at radius 2 is 1.97 bits per heavy atom. The van der Waals surface area contributed by atoms with Gasteiger partial charge >= 0.3 is 0 Å². The molecule has 0 spiro atoms. The van der Waals surface area contributed by atoms with Crippen LogP contribution in [0.25, 0.3) is 4.85 Å². The molecule has 34 heavy (non-hydrogen) atoms. The molecule has 1 aromatic carbocycles. The molecule has 1 saturated heterocycles. The molecule has 0 bridgehead atoms. The SMILES string of the molecule is [C-]#[N+]c1ccc(CN2CC(CCCCC)n3nc(C(=O)N4CCC(C#N)CC4)cc3C2=O)cc1. The van der Waals surface area contributed by atoms with Gasteiger partial charge in [-0.2, -0.15) is 10.4 Å². The number of benzene rings is 1. The summed E-state index contributed by atoms with van der Waals surface area (Å²) in [5.74, 6) is -0.295. The molecule has 1 fully saturated rings. The van der Waals surface area contributed by atoms with E-state index in [0.717, 1.165) is 31.2 Å². The number of nitrogens with zero attached hydrogens (tertiary/aromatic N) is 6. The number of hydrogen-bond donors (Lipinski definition) is 0. The molecule has 176 valence electrons. The molecule has 2 aromatic rings. The largest absolute Gasteiger partial charge is 0.337 e. The summed E-state index contributed by atoms with van der Waals surface area (Å²) in [4.78, 5) is 33.5. The third-order valence-electron chi connectivity index (χ3n) is 6.78. The average molecular weight is 459 g/mol. The van der Waals surface area contributed by atoms with Crippen molar-refractivity contribution >= 4 is 17.5 Å². The third kappa shape index (κ3) is 4.97. The zero-order valence-electron chi connectivity index (χ0n) is 19.6. The van der Waals surface area contributed by atoms with Crippen LogP contribution in [-0.4, -0.2) is 51.0 Å². The van der Waals surface area contributed by atoms with E-state index in [4.69, 9.17) is 11.8 Å². The summed E-state index contributed by atoms with van der Waals surface area (Å²) >= 11 is 0. The van der Waals surface area contributed by atoms with E-state index in [0.29, 0.717) is 56.1 Å². The summed E-state index contributed by atoms with van der Waals surface area (Å²) in [6.45, 7) is 11.4. The molecule has 0 radical (unpaired) electrons. The van der Waals surface area contributed by atoms with Gasteiger partial charge in [0.15, 0.2) is 11.4 Å². The summed E-state index contributed by atoms with van der Waals surface area (Å²) in [7, 11) is 0. The van der Waals surface area contributed by atoms with E-state index in [2.05, 4.69) is 22.9 Å². The second-order valence-corrected chi connectivity index (χ2v) is 9.17. The lowest BCUT2D eigenvalue weighted by atomic mass is 9.98. The van der Waals surface area contributed by atoms with Crippen molar-refractivity contribution in [1.29, 1.82) is 5.26 Å².